The molecule has 1 spiro atoms. The minimum Gasteiger partial charge on any atom is -0.489 e. The predicted molar refractivity (Wildman–Crippen MR) is 175 cm³/mol. The van der Waals surface area contributed by atoms with E-state index >= 15 is 0 Å². The normalized spacial score (nSPS) is 23.1. The van der Waals surface area contributed by atoms with Crippen LogP contribution in [0.3, 0.4) is 0 Å². The first kappa shape index (κ1) is 28.9. The van der Waals surface area contributed by atoms with Gasteiger partial charge >= 0.3 is 0 Å². The fourth-order valence-corrected chi connectivity index (χ4v) is 7.80. The number of carbonyl (C=O) groups is 1. The van der Waals surface area contributed by atoms with E-state index in [0.29, 0.717) is 37.9 Å². The van der Waals surface area contributed by atoms with E-state index in [1.54, 1.807) is 0 Å². The van der Waals surface area contributed by atoms with Crippen LogP contribution in [0.15, 0.2) is 72.8 Å². The fraction of sp³-hybridized carbons (Fsp3) is 0.432. The third-order valence-electron chi connectivity index (χ3n) is 10.5. The van der Waals surface area contributed by atoms with Crippen LogP contribution in [0.2, 0.25) is 0 Å². The summed E-state index contributed by atoms with van der Waals surface area (Å²) < 4.78 is 5.98. The van der Waals surface area contributed by atoms with E-state index in [1.807, 2.05) is 59.5 Å². The lowest BCUT2D eigenvalue weighted by atomic mass is 9.67. The van der Waals surface area contributed by atoms with Gasteiger partial charge in [0.2, 0.25) is 0 Å². The number of β-amino-alcohol motifs (C(OH)–C–C–N with tert-alkyl or cyclic N) is 1. The van der Waals surface area contributed by atoms with Crippen molar-refractivity contribution in [3.63, 3.8) is 0 Å². The van der Waals surface area contributed by atoms with E-state index in [-0.39, 0.29) is 23.3 Å². The summed E-state index contributed by atoms with van der Waals surface area (Å²) in [6.07, 6.45) is 2.40. The number of likely N-dealkylation sites (tertiary alicyclic amines) is 2. The smallest absolute Gasteiger partial charge is 0.270 e. The Kier molecular flexibility index (Phi) is 7.85. The number of aromatic amines is 1. The highest BCUT2D eigenvalue weighted by molar-refractivity contribution is 5.98. The molecule has 230 valence electrons. The van der Waals surface area contributed by atoms with Gasteiger partial charge in [0.25, 0.3) is 5.91 Å². The lowest BCUT2D eigenvalue weighted by molar-refractivity contribution is 0.0110. The van der Waals surface area contributed by atoms with Gasteiger partial charge in [-0.25, -0.2) is 0 Å². The highest BCUT2D eigenvalue weighted by Gasteiger charge is 2.46. The summed E-state index contributed by atoms with van der Waals surface area (Å²) in [5.41, 5.74) is 6.91. The molecule has 7 rings (SSSR count). The van der Waals surface area contributed by atoms with Gasteiger partial charge in [0.15, 0.2) is 0 Å². The van der Waals surface area contributed by atoms with Crippen LogP contribution in [0.5, 0.6) is 5.75 Å². The molecule has 1 aromatic heterocycles. The minimum absolute atomic E-state index is 0.0247. The predicted octanol–water partition coefficient (Wildman–Crippen LogP) is 5.97. The van der Waals surface area contributed by atoms with Crippen molar-refractivity contribution < 1.29 is 14.6 Å². The van der Waals surface area contributed by atoms with Gasteiger partial charge in [-0.2, -0.15) is 0 Å². The van der Waals surface area contributed by atoms with Crippen molar-refractivity contribution in [1.29, 1.82) is 0 Å². The lowest BCUT2D eigenvalue weighted by Gasteiger charge is -2.46. The van der Waals surface area contributed by atoms with E-state index in [1.165, 1.54) is 16.8 Å². The highest BCUT2D eigenvalue weighted by atomic mass is 16.5. The summed E-state index contributed by atoms with van der Waals surface area (Å²) in [5.74, 6) is 1.54. The van der Waals surface area contributed by atoms with Crippen LogP contribution in [-0.4, -0.2) is 71.2 Å². The largest absolute Gasteiger partial charge is 0.489 e. The van der Waals surface area contributed by atoms with Crippen molar-refractivity contribution in [1.82, 2.24) is 14.8 Å². The van der Waals surface area contributed by atoms with Crippen LogP contribution in [-0.2, 0) is 12.0 Å². The highest BCUT2D eigenvalue weighted by Crippen LogP contribution is 2.47. The molecule has 0 aliphatic carbocycles. The second-order valence-electron chi connectivity index (χ2n) is 13.4. The molecule has 1 amide bonds. The molecular formula is C37H44N4O3. The Morgan fingerprint density at radius 3 is 2.66 bits per heavy atom. The summed E-state index contributed by atoms with van der Waals surface area (Å²) >= 11 is 0. The number of hydrogen-bond donors (Lipinski definition) is 3. The molecule has 7 heteroatoms. The quantitative estimate of drug-likeness (QED) is 0.246. The van der Waals surface area contributed by atoms with Crippen LogP contribution >= 0.6 is 0 Å². The van der Waals surface area contributed by atoms with Gasteiger partial charge in [0, 0.05) is 54.7 Å². The second kappa shape index (κ2) is 11.9. The summed E-state index contributed by atoms with van der Waals surface area (Å²) in [6.45, 7) is 10.1. The van der Waals surface area contributed by atoms with Gasteiger partial charge in [-0.1, -0.05) is 49.4 Å². The molecule has 3 N–H and O–H groups in total. The molecule has 0 radical (unpaired) electrons. The zero-order valence-corrected chi connectivity index (χ0v) is 25.9. The average Bonchev–Trinajstić information content (AvgIpc) is 3.64. The van der Waals surface area contributed by atoms with Crippen molar-refractivity contribution in [2.24, 2.45) is 11.8 Å². The number of fused-ring (bicyclic) bond motifs is 3. The fourth-order valence-electron chi connectivity index (χ4n) is 7.80. The number of carbonyl (C=O) groups excluding carboxylic acids is 1. The number of amides is 1. The number of rotatable bonds is 7. The Hall–Kier alpha value is -3.81. The Balaban J connectivity index is 0.909. The Morgan fingerprint density at radius 2 is 1.86 bits per heavy atom. The zero-order valence-electron chi connectivity index (χ0n) is 25.9. The maximum Gasteiger partial charge on any atom is 0.270 e. The number of aliphatic hydroxyl groups is 1. The van der Waals surface area contributed by atoms with Crippen molar-refractivity contribution in [2.45, 2.75) is 51.2 Å². The van der Waals surface area contributed by atoms with Crippen molar-refractivity contribution in [3.8, 4) is 5.75 Å². The topological polar surface area (TPSA) is 80.8 Å². The molecular weight excluding hydrogens is 548 g/mol. The van der Waals surface area contributed by atoms with E-state index < -0.39 is 0 Å². The van der Waals surface area contributed by atoms with Crippen molar-refractivity contribution in [2.75, 3.05) is 44.6 Å². The number of H-pyrrole nitrogens is 1. The van der Waals surface area contributed by atoms with Gasteiger partial charge in [-0.15, -0.1) is 0 Å². The van der Waals surface area contributed by atoms with E-state index in [4.69, 9.17) is 4.74 Å². The van der Waals surface area contributed by atoms with Crippen LogP contribution in [0, 0.1) is 18.8 Å². The second-order valence-corrected chi connectivity index (χ2v) is 13.4. The first-order chi connectivity index (χ1) is 21.4. The molecule has 2 fully saturated rings. The number of aliphatic hydroxyl groups excluding tert-OH is 1. The number of aromatic nitrogens is 1. The number of nitrogens with zero attached hydrogens (tertiary/aromatic N) is 2. The zero-order chi connectivity index (χ0) is 30.3. The Bertz CT molecular complexity index is 1630. The SMILES string of the molecule is Cc1ccc2c(c1)NCC21CCN(CC(O)C2CCN(C(=O)c3cc4cc(OCc5ccccc5)ccc4[nH]3)CC2)CC1C. The molecule has 3 aliphatic rings. The first-order valence-corrected chi connectivity index (χ1v) is 16.2. The first-order valence-electron chi connectivity index (χ1n) is 16.2. The van der Waals surface area contributed by atoms with Crippen LogP contribution < -0.4 is 10.1 Å². The van der Waals surface area contributed by atoms with Crippen molar-refractivity contribution in [3.05, 3.63) is 95.2 Å². The number of ether oxygens (including phenoxy) is 1. The summed E-state index contributed by atoms with van der Waals surface area (Å²) in [6, 6.07) is 24.8. The molecule has 3 aromatic carbocycles. The molecule has 3 aliphatic heterocycles. The van der Waals surface area contributed by atoms with Gasteiger partial charge in [-0.05, 0) is 91.6 Å². The third-order valence-corrected chi connectivity index (χ3v) is 10.5. The van der Waals surface area contributed by atoms with Gasteiger partial charge in [-0.3, -0.25) is 4.79 Å². The van der Waals surface area contributed by atoms with Crippen LogP contribution in [0.1, 0.15) is 53.4 Å². The number of piperidine rings is 2. The van der Waals surface area contributed by atoms with Crippen LogP contribution in [0.4, 0.5) is 5.69 Å². The standard InChI is InChI=1S/C37H44N4O3/c1-25-8-10-31-33(18-25)38-24-37(31)14-17-40(21-26(37)2)22-35(42)28-12-15-41(16-13-28)36(43)34-20-29-19-30(9-11-32(29)39-34)44-23-27-6-4-3-5-7-27/h3-11,18-20,26,28,35,38-39,42H,12-17,21-24H2,1-2H3. The lowest BCUT2D eigenvalue weighted by Crippen LogP contribution is -2.52. The Morgan fingerprint density at radius 1 is 1.05 bits per heavy atom. The van der Waals surface area contributed by atoms with Gasteiger partial charge in [0.05, 0.1) is 6.10 Å². The molecule has 4 heterocycles. The number of anilines is 1. The molecule has 4 aromatic rings. The number of aryl methyl sites for hydroxylation is 1. The molecule has 0 bridgehead atoms. The minimum atomic E-state index is -0.368. The van der Waals surface area contributed by atoms with Gasteiger partial charge in [0.1, 0.15) is 18.1 Å². The number of benzene rings is 3. The average molecular weight is 593 g/mol. The molecule has 44 heavy (non-hydrogen) atoms. The summed E-state index contributed by atoms with van der Waals surface area (Å²) in [7, 11) is 0. The third kappa shape index (κ3) is 5.59. The summed E-state index contributed by atoms with van der Waals surface area (Å²) in [5, 5.41) is 15.9. The van der Waals surface area contributed by atoms with Crippen molar-refractivity contribution >= 4 is 22.5 Å². The molecule has 7 nitrogen and oxygen atoms in total. The number of hydrogen-bond acceptors (Lipinski definition) is 5. The van der Waals surface area contributed by atoms with Gasteiger partial charge < -0.3 is 29.9 Å². The molecule has 2 saturated heterocycles. The molecule has 0 saturated carbocycles. The molecule has 3 unspecified atom stereocenters. The molecule has 3 atom stereocenters. The van der Waals surface area contributed by atoms with E-state index in [0.717, 1.165) is 61.1 Å². The maximum atomic E-state index is 13.4. The monoisotopic (exact) mass is 592 g/mol. The maximum absolute atomic E-state index is 13.4. The Labute approximate surface area is 260 Å². The van der Waals surface area contributed by atoms with E-state index in [9.17, 15) is 9.90 Å². The summed E-state index contributed by atoms with van der Waals surface area (Å²) in [4.78, 5) is 21.1. The number of nitrogens with one attached hydrogen (secondary N) is 2. The van der Waals surface area contributed by atoms with E-state index in [2.05, 4.69) is 47.2 Å². The van der Waals surface area contributed by atoms with Crippen LogP contribution in [0.25, 0.3) is 10.9 Å².